The van der Waals surface area contributed by atoms with Crippen molar-refractivity contribution in [1.29, 1.82) is 0 Å². The van der Waals surface area contributed by atoms with Gasteiger partial charge in [-0.25, -0.2) is 17.7 Å². The molecule has 2 aromatic heterocycles. The van der Waals surface area contributed by atoms with Gasteiger partial charge in [0.05, 0.1) is 28.8 Å². The second-order valence-electron chi connectivity index (χ2n) is 10.5. The minimum Gasteiger partial charge on any atom is -0.453 e. The lowest BCUT2D eigenvalue weighted by molar-refractivity contribution is 0.0698. The van der Waals surface area contributed by atoms with Crippen LogP contribution < -0.4 is 5.32 Å². The first-order chi connectivity index (χ1) is 18.7. The minimum absolute atomic E-state index is 0.0419. The lowest BCUT2D eigenvalue weighted by Crippen LogP contribution is -2.38. The first kappa shape index (κ1) is 27.1. The normalized spacial score (nSPS) is 17.9. The first-order valence-electron chi connectivity index (χ1n) is 13.4. The largest absolute Gasteiger partial charge is 0.453 e. The van der Waals surface area contributed by atoms with Crippen LogP contribution in [0.1, 0.15) is 60.1 Å². The number of pyridine rings is 1. The molecule has 208 valence electrons. The van der Waals surface area contributed by atoms with E-state index in [1.54, 1.807) is 16.6 Å². The summed E-state index contributed by atoms with van der Waals surface area (Å²) in [5, 5.41) is 7.11. The average Bonchev–Trinajstić information content (AvgIpc) is 3.28. The van der Waals surface area contributed by atoms with E-state index in [2.05, 4.69) is 28.1 Å². The summed E-state index contributed by atoms with van der Waals surface area (Å²) in [7, 11) is -2.39. The summed E-state index contributed by atoms with van der Waals surface area (Å²) in [5.41, 5.74) is 3.75. The van der Waals surface area contributed by atoms with Crippen LogP contribution in [0.4, 0.5) is 10.5 Å². The smallest absolute Gasteiger partial charge is 0.411 e. The molecule has 2 aliphatic rings. The van der Waals surface area contributed by atoms with E-state index in [0.717, 1.165) is 42.7 Å². The Kier molecular flexibility index (Phi) is 7.64. The molecule has 4 heterocycles. The molecule has 11 heteroatoms. The van der Waals surface area contributed by atoms with E-state index in [4.69, 9.17) is 0 Å². The van der Waals surface area contributed by atoms with Crippen molar-refractivity contribution >= 4 is 33.2 Å². The first-order valence-corrected chi connectivity index (χ1v) is 14.8. The molecule has 0 aliphatic carbocycles. The molecule has 2 fully saturated rings. The fourth-order valence-electron chi connectivity index (χ4n) is 5.53. The third-order valence-corrected chi connectivity index (χ3v) is 9.88. The van der Waals surface area contributed by atoms with Gasteiger partial charge in [0.25, 0.3) is 5.91 Å². The highest BCUT2D eigenvalue weighted by atomic mass is 32.2. The molecule has 0 bridgehead atoms. The van der Waals surface area contributed by atoms with E-state index in [-0.39, 0.29) is 16.7 Å². The topological polar surface area (TPSA) is 113 Å². The Morgan fingerprint density at radius 3 is 2.31 bits per heavy atom. The summed E-state index contributed by atoms with van der Waals surface area (Å²) in [4.78, 5) is 26.9. The SMILES string of the molecule is COC(=O)Nc1ccc(S(=O)(=O)N2CCC(c3ccn4nc(C)c(C(=O)N5CCC(C)CC5)c4c3)CC2)cc1. The van der Waals surface area contributed by atoms with E-state index >= 15 is 0 Å². The Morgan fingerprint density at radius 2 is 1.67 bits per heavy atom. The van der Waals surface area contributed by atoms with Crippen molar-refractivity contribution in [3.05, 3.63) is 59.4 Å². The number of rotatable bonds is 5. The molecular weight excluding hydrogens is 518 g/mol. The Morgan fingerprint density at radius 1 is 1.00 bits per heavy atom. The van der Waals surface area contributed by atoms with Crippen LogP contribution in [0.2, 0.25) is 0 Å². The summed E-state index contributed by atoms with van der Waals surface area (Å²) >= 11 is 0. The lowest BCUT2D eigenvalue weighted by atomic mass is 9.90. The number of amides is 2. The van der Waals surface area contributed by atoms with Crippen molar-refractivity contribution in [2.75, 3.05) is 38.6 Å². The van der Waals surface area contributed by atoms with Gasteiger partial charge < -0.3 is 9.64 Å². The zero-order valence-corrected chi connectivity index (χ0v) is 23.4. The summed E-state index contributed by atoms with van der Waals surface area (Å²) in [5.74, 6) is 0.866. The molecule has 0 radical (unpaired) electrons. The zero-order valence-electron chi connectivity index (χ0n) is 22.6. The van der Waals surface area contributed by atoms with Crippen LogP contribution >= 0.6 is 0 Å². The average molecular weight is 554 g/mol. The van der Waals surface area contributed by atoms with Crippen LogP contribution in [-0.2, 0) is 14.8 Å². The quantitative estimate of drug-likeness (QED) is 0.505. The fourth-order valence-corrected chi connectivity index (χ4v) is 7.00. The molecule has 10 nitrogen and oxygen atoms in total. The molecule has 2 amide bonds. The molecular formula is C28H35N5O5S. The molecule has 0 spiro atoms. The maximum atomic E-state index is 13.4. The van der Waals surface area contributed by atoms with Gasteiger partial charge in [-0.15, -0.1) is 0 Å². The zero-order chi connectivity index (χ0) is 27.7. The van der Waals surface area contributed by atoms with Gasteiger partial charge in [0.15, 0.2) is 0 Å². The Labute approximate surface area is 229 Å². The summed E-state index contributed by atoms with van der Waals surface area (Å²) < 4.78 is 34.4. The van der Waals surface area contributed by atoms with Crippen LogP contribution in [0.5, 0.6) is 0 Å². The number of hydrogen-bond acceptors (Lipinski definition) is 6. The number of nitrogens with one attached hydrogen (secondary N) is 1. The number of aryl methyl sites for hydroxylation is 1. The highest BCUT2D eigenvalue weighted by molar-refractivity contribution is 7.89. The van der Waals surface area contributed by atoms with Gasteiger partial charge >= 0.3 is 6.09 Å². The second kappa shape index (κ2) is 11.0. The summed E-state index contributed by atoms with van der Waals surface area (Å²) in [6.45, 7) is 6.45. The van der Waals surface area contributed by atoms with Gasteiger partial charge in [0.1, 0.15) is 0 Å². The van der Waals surface area contributed by atoms with E-state index < -0.39 is 16.1 Å². The highest BCUT2D eigenvalue weighted by Gasteiger charge is 2.31. The number of hydrogen-bond donors (Lipinski definition) is 1. The third-order valence-electron chi connectivity index (χ3n) is 7.97. The molecule has 0 unspecified atom stereocenters. The Bertz CT molecular complexity index is 1470. The van der Waals surface area contributed by atoms with Gasteiger partial charge in [-0.05, 0) is 86.4 Å². The number of methoxy groups -OCH3 is 1. The molecule has 5 rings (SSSR count). The van der Waals surface area contributed by atoms with Gasteiger partial charge in [0, 0.05) is 38.1 Å². The predicted molar refractivity (Wildman–Crippen MR) is 147 cm³/mol. The molecule has 0 saturated carbocycles. The van der Waals surface area contributed by atoms with Gasteiger partial charge in [-0.2, -0.15) is 9.40 Å². The number of fused-ring (bicyclic) bond motifs is 1. The molecule has 2 aliphatic heterocycles. The van der Waals surface area contributed by atoms with Gasteiger partial charge in [-0.1, -0.05) is 6.92 Å². The van der Waals surface area contributed by atoms with Crippen molar-refractivity contribution in [3.8, 4) is 0 Å². The molecule has 0 atom stereocenters. The van der Waals surface area contributed by atoms with E-state index in [1.807, 2.05) is 24.1 Å². The monoisotopic (exact) mass is 553 g/mol. The third kappa shape index (κ3) is 5.51. The van der Waals surface area contributed by atoms with Crippen molar-refractivity contribution in [2.45, 2.75) is 50.3 Å². The number of benzene rings is 1. The number of anilines is 1. The maximum absolute atomic E-state index is 13.4. The van der Waals surface area contributed by atoms with Crippen LogP contribution in [0.25, 0.3) is 5.52 Å². The van der Waals surface area contributed by atoms with Crippen molar-refractivity contribution in [2.24, 2.45) is 5.92 Å². The number of carbonyl (C=O) groups is 2. The molecule has 1 aromatic carbocycles. The molecule has 2 saturated heterocycles. The molecule has 39 heavy (non-hydrogen) atoms. The maximum Gasteiger partial charge on any atom is 0.411 e. The van der Waals surface area contributed by atoms with E-state index in [1.165, 1.54) is 23.5 Å². The lowest BCUT2D eigenvalue weighted by Gasteiger charge is -2.31. The highest BCUT2D eigenvalue weighted by Crippen LogP contribution is 2.33. The number of nitrogens with zero attached hydrogens (tertiary/aromatic N) is 4. The molecule has 1 N–H and O–H groups in total. The number of piperidine rings is 2. The summed E-state index contributed by atoms with van der Waals surface area (Å²) in [6.07, 6.45) is 4.68. The van der Waals surface area contributed by atoms with Crippen LogP contribution in [0.3, 0.4) is 0 Å². The van der Waals surface area contributed by atoms with Gasteiger partial charge in [0.2, 0.25) is 10.0 Å². The number of aromatic nitrogens is 2. The van der Waals surface area contributed by atoms with Crippen LogP contribution in [0, 0.1) is 12.8 Å². The van der Waals surface area contributed by atoms with Gasteiger partial charge in [-0.3, -0.25) is 10.1 Å². The number of sulfonamides is 1. The standard InChI is InChI=1S/C28H35N5O5S/c1-19-8-13-31(14-9-19)27(34)26-20(2)30-33-17-12-22(18-25(26)33)21-10-15-32(16-11-21)39(36,37)24-6-4-23(5-7-24)29-28(35)38-3/h4-7,12,17-19,21H,8-11,13-16H2,1-3H3,(H,29,35). The fraction of sp³-hybridized carbons (Fsp3) is 0.464. The number of ether oxygens (including phenoxy) is 1. The number of likely N-dealkylation sites (tertiary alicyclic amines) is 1. The Balaban J connectivity index is 1.29. The second-order valence-corrected chi connectivity index (χ2v) is 12.5. The Hall–Kier alpha value is -3.44. The minimum atomic E-state index is -3.66. The summed E-state index contributed by atoms with van der Waals surface area (Å²) in [6, 6.07) is 10.2. The van der Waals surface area contributed by atoms with Crippen molar-refractivity contribution in [1.82, 2.24) is 18.8 Å². The van der Waals surface area contributed by atoms with E-state index in [9.17, 15) is 18.0 Å². The van der Waals surface area contributed by atoms with Crippen molar-refractivity contribution in [3.63, 3.8) is 0 Å². The van der Waals surface area contributed by atoms with Crippen molar-refractivity contribution < 1.29 is 22.7 Å². The molecule has 3 aromatic rings. The van der Waals surface area contributed by atoms with Crippen LogP contribution in [0.15, 0.2) is 47.5 Å². The predicted octanol–water partition coefficient (Wildman–Crippen LogP) is 4.26. The van der Waals surface area contributed by atoms with E-state index in [0.29, 0.717) is 43.1 Å². The van der Waals surface area contributed by atoms with Crippen LogP contribution in [-0.4, -0.2) is 72.5 Å². The number of carbonyl (C=O) groups excluding carboxylic acids is 2.